The van der Waals surface area contributed by atoms with Crippen molar-refractivity contribution in [3.63, 3.8) is 0 Å². The molecule has 2 aromatic rings. The Morgan fingerprint density at radius 3 is 1.33 bits per heavy atom. The first-order chi connectivity index (χ1) is 33.4. The molecule has 0 bridgehead atoms. The highest BCUT2D eigenvalue weighted by molar-refractivity contribution is 7.99. The monoisotopic (exact) mass is 1050 g/mol. The van der Waals surface area contributed by atoms with E-state index >= 15 is 0 Å². The molecule has 2 atom stereocenters. The minimum atomic E-state index is -0.720. The van der Waals surface area contributed by atoms with Gasteiger partial charge in [-0.2, -0.15) is 47.9 Å². The predicted octanol–water partition coefficient (Wildman–Crippen LogP) is -2.06. The number of urea groups is 2. The maximum Gasteiger partial charge on any atom is 0.328 e. The quantitative estimate of drug-likeness (QED) is 0.0341. The first-order valence-corrected chi connectivity index (χ1v) is 26.2. The summed E-state index contributed by atoms with van der Waals surface area (Å²) in [7, 11) is 0. The maximum atomic E-state index is 13.7. The molecule has 8 N–H and O–H groups in total. The number of aromatic nitrogens is 4. The molecule has 24 nitrogen and oxygen atoms in total. The van der Waals surface area contributed by atoms with E-state index in [4.69, 9.17) is 11.5 Å². The fraction of sp³-hybridized carbons (Fsp3) is 0.524. The molecule has 384 valence electrons. The van der Waals surface area contributed by atoms with Gasteiger partial charge in [0.25, 0.3) is 11.1 Å². The lowest BCUT2D eigenvalue weighted by molar-refractivity contribution is -0.132. The molecule has 2 aromatic heterocycles. The maximum absolute atomic E-state index is 13.7. The molecule has 28 heteroatoms. The van der Waals surface area contributed by atoms with E-state index in [1.54, 1.807) is 26.9 Å². The van der Waals surface area contributed by atoms with Crippen LogP contribution in [0, 0.1) is 13.8 Å². The van der Waals surface area contributed by atoms with Crippen LogP contribution in [0.5, 0.6) is 0 Å². The van der Waals surface area contributed by atoms with E-state index in [1.807, 2.05) is 0 Å². The molecule has 0 aliphatic carbocycles. The summed E-state index contributed by atoms with van der Waals surface area (Å²) in [5, 5.41) is 5.08. The van der Waals surface area contributed by atoms with Crippen LogP contribution in [-0.4, -0.2) is 196 Å². The number of nitrogens with two attached hydrogens (primary N) is 2. The predicted molar refractivity (Wildman–Crippen MR) is 274 cm³/mol. The second-order valence-electron chi connectivity index (χ2n) is 15.8. The number of carbonyl (C=O) groups excluding carboxylic acids is 6. The first-order valence-electron chi connectivity index (χ1n) is 22.1. The van der Waals surface area contributed by atoms with Crippen molar-refractivity contribution < 1.29 is 28.8 Å². The Morgan fingerprint density at radius 2 is 0.957 bits per heavy atom. The Kier molecular flexibility index (Phi) is 23.5. The SMILES string of the molecule is C=CN(CCSCCN(CCSCCN(CCSCCN(CCS)C(=O)Cn1cc(C)c(=O)[nH]c1=O)C(=O)Cn1cc(C)c(=O)[nH]c1=O)C(=O)CN1C=CC(N)NC1=O)C(=O)CN1C=CC(N)NC1=O. The summed E-state index contributed by atoms with van der Waals surface area (Å²) in [4.78, 5) is 140. The van der Waals surface area contributed by atoms with Crippen LogP contribution in [0.1, 0.15) is 11.1 Å². The van der Waals surface area contributed by atoms with Crippen LogP contribution < -0.4 is 44.6 Å². The lowest BCUT2D eigenvalue weighted by atomic mass is 10.3. The van der Waals surface area contributed by atoms with Crippen molar-refractivity contribution in [1.29, 1.82) is 0 Å². The van der Waals surface area contributed by atoms with Crippen molar-refractivity contribution in [2.24, 2.45) is 11.5 Å². The number of rotatable bonds is 29. The fourth-order valence-corrected chi connectivity index (χ4v) is 9.56. The average Bonchev–Trinajstić information content (AvgIpc) is 3.30. The van der Waals surface area contributed by atoms with Gasteiger partial charge in [-0.05, 0) is 32.2 Å². The summed E-state index contributed by atoms with van der Waals surface area (Å²) in [5.74, 6) is 1.93. The molecule has 2 unspecified atom stereocenters. The zero-order valence-corrected chi connectivity index (χ0v) is 42.5. The fourth-order valence-electron chi connectivity index (χ4n) is 6.64. The van der Waals surface area contributed by atoms with Crippen LogP contribution in [0.3, 0.4) is 0 Å². The van der Waals surface area contributed by atoms with Gasteiger partial charge >= 0.3 is 23.4 Å². The number of aromatic amines is 2. The highest BCUT2D eigenvalue weighted by atomic mass is 32.2. The minimum Gasteiger partial charge on any atom is -0.340 e. The highest BCUT2D eigenvalue weighted by Crippen LogP contribution is 2.11. The Morgan fingerprint density at radius 1 is 0.600 bits per heavy atom. The molecule has 2 aliphatic rings. The number of nitrogens with zero attached hydrogens (tertiary/aromatic N) is 8. The molecule has 2 aliphatic heterocycles. The summed E-state index contributed by atoms with van der Waals surface area (Å²) in [6.07, 6.45) is 8.80. The van der Waals surface area contributed by atoms with Gasteiger partial charge < -0.3 is 41.7 Å². The molecule has 0 fully saturated rings. The van der Waals surface area contributed by atoms with Gasteiger partial charge in [0.15, 0.2) is 0 Å². The van der Waals surface area contributed by atoms with Gasteiger partial charge in [-0.15, -0.1) is 0 Å². The lowest BCUT2D eigenvalue weighted by Gasteiger charge is -2.29. The Bertz CT molecular complexity index is 2480. The van der Waals surface area contributed by atoms with Gasteiger partial charge in [-0.3, -0.25) is 57.7 Å². The zero-order valence-electron chi connectivity index (χ0n) is 39.1. The van der Waals surface area contributed by atoms with E-state index in [0.29, 0.717) is 85.1 Å². The number of thiol groups is 1. The average molecular weight is 1050 g/mol. The van der Waals surface area contributed by atoms with Gasteiger partial charge in [-0.25, -0.2) is 19.2 Å². The third-order valence-corrected chi connectivity index (χ3v) is 13.6. The van der Waals surface area contributed by atoms with Crippen molar-refractivity contribution in [1.82, 2.24) is 59.1 Å². The summed E-state index contributed by atoms with van der Waals surface area (Å²) < 4.78 is 2.29. The highest BCUT2D eigenvalue weighted by Gasteiger charge is 2.25. The van der Waals surface area contributed by atoms with E-state index in [1.165, 1.54) is 94.8 Å². The second kappa shape index (κ2) is 28.9. The summed E-state index contributed by atoms with van der Waals surface area (Å²) in [6.45, 7) is 7.94. The van der Waals surface area contributed by atoms with Gasteiger partial charge in [0.1, 0.15) is 26.2 Å². The molecule has 8 amide bonds. The first kappa shape index (κ1) is 56.9. The molecule has 0 saturated carbocycles. The van der Waals surface area contributed by atoms with Gasteiger partial charge in [0, 0.05) is 122 Å². The molecule has 0 saturated heterocycles. The van der Waals surface area contributed by atoms with Gasteiger partial charge in [0.2, 0.25) is 23.6 Å². The van der Waals surface area contributed by atoms with Crippen LogP contribution in [0.2, 0.25) is 0 Å². The molecule has 4 heterocycles. The lowest BCUT2D eigenvalue weighted by Crippen LogP contribution is -2.52. The van der Waals surface area contributed by atoms with Gasteiger partial charge in [0.05, 0.1) is 12.3 Å². The number of amides is 8. The molecule has 4 rings (SSSR count). The number of H-pyrrole nitrogens is 2. The van der Waals surface area contributed by atoms with E-state index in [9.17, 15) is 47.9 Å². The number of hydrogen-bond donors (Lipinski definition) is 7. The summed E-state index contributed by atoms with van der Waals surface area (Å²) in [5.41, 5.74) is 9.55. The van der Waals surface area contributed by atoms with Crippen molar-refractivity contribution in [2.75, 3.05) is 99.2 Å². The van der Waals surface area contributed by atoms with Crippen LogP contribution in [0.15, 0.2) is 68.9 Å². The minimum absolute atomic E-state index is 0.206. The molecule has 70 heavy (non-hydrogen) atoms. The number of hydrogen-bond acceptors (Lipinski definition) is 16. The number of nitrogens with one attached hydrogen (secondary N) is 4. The molecule has 0 radical (unpaired) electrons. The normalized spacial score (nSPS) is 15.3. The van der Waals surface area contributed by atoms with Crippen molar-refractivity contribution in [3.8, 4) is 0 Å². The van der Waals surface area contributed by atoms with Crippen molar-refractivity contribution in [2.45, 2.75) is 39.3 Å². The number of aryl methyl sites for hydroxylation is 2. The molecular weight excluding hydrogens is 989 g/mol. The summed E-state index contributed by atoms with van der Waals surface area (Å²) >= 11 is 8.78. The second-order valence-corrected chi connectivity index (χ2v) is 19.9. The Hall–Kier alpha value is -5.68. The third kappa shape index (κ3) is 18.2. The van der Waals surface area contributed by atoms with Crippen LogP contribution in [-0.2, 0) is 32.3 Å². The van der Waals surface area contributed by atoms with Crippen LogP contribution in [0.25, 0.3) is 0 Å². The number of carbonyl (C=O) groups is 6. The van der Waals surface area contributed by atoms with E-state index in [0.717, 1.165) is 9.13 Å². The largest absolute Gasteiger partial charge is 0.340 e. The Labute approximate surface area is 422 Å². The third-order valence-electron chi connectivity index (χ3n) is 10.6. The van der Waals surface area contributed by atoms with Gasteiger partial charge in [-0.1, -0.05) is 6.58 Å². The molecular formula is C42H62N14O10S4. The topological polar surface area (TPSA) is 308 Å². The van der Waals surface area contributed by atoms with Crippen LogP contribution in [0.4, 0.5) is 9.59 Å². The molecule has 0 aromatic carbocycles. The van der Waals surface area contributed by atoms with E-state index in [-0.39, 0.29) is 61.9 Å². The zero-order chi connectivity index (χ0) is 51.3. The van der Waals surface area contributed by atoms with Crippen LogP contribution >= 0.6 is 47.9 Å². The van der Waals surface area contributed by atoms with E-state index < -0.39 is 46.9 Å². The van der Waals surface area contributed by atoms with E-state index in [2.05, 4.69) is 39.8 Å². The number of thioether (sulfide) groups is 3. The van der Waals surface area contributed by atoms with Crippen molar-refractivity contribution >= 4 is 83.6 Å². The smallest absolute Gasteiger partial charge is 0.328 e. The standard InChI is InChI=1S/C42H62N14O10S4/c1-4-49(33(57)25-53-7-5-31(43)45-39(53)63)10-17-68-19-12-51(34(58)26-54-8-6-32(44)46-40(54)64)13-20-70-22-15-52(36(60)28-56-24-30(3)38(62)48-42(56)66)14-21-69-18-11-50(9-16-67)35(59)27-55-23-29(2)37(61)47-41(55)65/h4-8,23-24,31-32,67H,1,9-22,25-28,43-44H2,2-3H3,(H,45,63)(H,46,64)(H,47,61,65)(H,48,62,66). The van der Waals surface area contributed by atoms with Crippen molar-refractivity contribution in [3.05, 3.63) is 103 Å². The summed E-state index contributed by atoms with van der Waals surface area (Å²) in [6, 6.07) is -1.00. The molecule has 0 spiro atoms. The Balaban J connectivity index is 1.33.